The van der Waals surface area contributed by atoms with Crippen LogP contribution in [0.3, 0.4) is 0 Å². The van der Waals surface area contributed by atoms with Gasteiger partial charge in [-0.1, -0.05) is 11.3 Å². The molecule has 0 bridgehead atoms. The van der Waals surface area contributed by atoms with E-state index in [0.717, 1.165) is 27.9 Å². The lowest BCUT2D eigenvalue weighted by molar-refractivity contribution is 0.639. The molecular weight excluding hydrogens is 314 g/mol. The molecule has 0 N–H and O–H groups in total. The highest BCUT2D eigenvalue weighted by molar-refractivity contribution is 7.99. The third-order valence-corrected chi connectivity index (χ3v) is 5.88. The van der Waals surface area contributed by atoms with Crippen LogP contribution in [0.25, 0.3) is 16.2 Å². The normalized spacial score (nSPS) is 19.5. The van der Waals surface area contributed by atoms with E-state index in [0.29, 0.717) is 6.04 Å². The van der Waals surface area contributed by atoms with Crippen LogP contribution in [0.5, 0.6) is 0 Å². The van der Waals surface area contributed by atoms with Crippen LogP contribution in [-0.4, -0.2) is 43.7 Å². The molecule has 7 heteroatoms. The number of hydrogen-bond acceptors (Lipinski definition) is 6. The minimum absolute atomic E-state index is 0.545. The third-order valence-electron chi connectivity index (χ3n) is 3.92. The van der Waals surface area contributed by atoms with Gasteiger partial charge in [-0.15, -0.1) is 5.10 Å². The molecule has 3 aromatic rings. The van der Waals surface area contributed by atoms with Crippen molar-refractivity contribution in [2.24, 2.45) is 0 Å². The van der Waals surface area contributed by atoms with E-state index in [1.54, 1.807) is 17.5 Å². The van der Waals surface area contributed by atoms with Crippen LogP contribution in [0.15, 0.2) is 30.7 Å². The molecule has 4 rings (SSSR count). The Bertz CT molecular complexity index is 735. The van der Waals surface area contributed by atoms with Crippen LogP contribution in [0.4, 0.5) is 5.13 Å². The molecule has 22 heavy (non-hydrogen) atoms. The monoisotopic (exact) mass is 331 g/mol. The Morgan fingerprint density at radius 1 is 1.32 bits per heavy atom. The summed E-state index contributed by atoms with van der Waals surface area (Å²) in [6.07, 6.45) is 6.82. The second-order valence-corrected chi connectivity index (χ2v) is 7.58. The average Bonchev–Trinajstić information content (AvgIpc) is 3.03. The molecule has 0 spiro atoms. The van der Waals surface area contributed by atoms with Gasteiger partial charge in [0.1, 0.15) is 0 Å². The Morgan fingerprint density at radius 3 is 3.09 bits per heavy atom. The van der Waals surface area contributed by atoms with Crippen molar-refractivity contribution < 1.29 is 0 Å². The van der Waals surface area contributed by atoms with E-state index < -0.39 is 0 Å². The highest BCUT2D eigenvalue weighted by Gasteiger charge is 2.21. The lowest BCUT2D eigenvalue weighted by atomic mass is 10.2. The second kappa shape index (κ2) is 5.89. The topological polar surface area (TPSA) is 46.3 Å². The lowest BCUT2D eigenvalue weighted by Crippen LogP contribution is -2.33. The fourth-order valence-electron chi connectivity index (χ4n) is 2.64. The van der Waals surface area contributed by atoms with Gasteiger partial charge in [0.15, 0.2) is 0 Å². The maximum absolute atomic E-state index is 4.74. The van der Waals surface area contributed by atoms with Crippen molar-refractivity contribution in [3.05, 3.63) is 30.7 Å². The summed E-state index contributed by atoms with van der Waals surface area (Å²) in [6, 6.07) is 4.50. The van der Waals surface area contributed by atoms with Crippen molar-refractivity contribution >= 4 is 33.2 Å². The van der Waals surface area contributed by atoms with Crippen LogP contribution in [0.2, 0.25) is 0 Å². The van der Waals surface area contributed by atoms with E-state index in [1.165, 1.54) is 17.9 Å². The first-order chi connectivity index (χ1) is 10.8. The summed E-state index contributed by atoms with van der Waals surface area (Å²) in [5.41, 5.74) is 1.96. The quantitative estimate of drug-likeness (QED) is 0.722. The smallest absolute Gasteiger partial charge is 0.214 e. The fourth-order valence-corrected chi connectivity index (χ4v) is 4.69. The molecule has 1 aliphatic heterocycles. The van der Waals surface area contributed by atoms with Crippen molar-refractivity contribution in [3.63, 3.8) is 0 Å². The average molecular weight is 331 g/mol. The van der Waals surface area contributed by atoms with Crippen LogP contribution in [-0.2, 0) is 0 Å². The minimum atomic E-state index is 0.545. The molecule has 1 saturated heterocycles. The molecule has 5 nitrogen and oxygen atoms in total. The number of thioether (sulfide) groups is 1. The number of anilines is 1. The second-order valence-electron chi connectivity index (χ2n) is 5.42. The zero-order valence-electron chi connectivity index (χ0n) is 12.3. The molecule has 1 aliphatic rings. The number of rotatable bonds is 2. The van der Waals surface area contributed by atoms with Gasteiger partial charge >= 0.3 is 0 Å². The standard InChI is InChI=1S/C15H17N5S2/c1-11-4-7-21-8-6-19(11)15-18-20-10-13(17-14(20)22-15)12-3-2-5-16-9-12/h2-3,5,9-11H,4,6-8H2,1H3. The van der Waals surface area contributed by atoms with Crippen LogP contribution in [0, 0.1) is 0 Å². The first-order valence-electron chi connectivity index (χ1n) is 7.42. The Kier molecular flexibility index (Phi) is 3.75. The van der Waals surface area contributed by atoms with E-state index in [1.807, 2.05) is 40.8 Å². The number of pyridine rings is 1. The zero-order chi connectivity index (χ0) is 14.9. The molecule has 0 saturated carbocycles. The Morgan fingerprint density at radius 2 is 2.27 bits per heavy atom. The molecule has 0 aliphatic carbocycles. The van der Waals surface area contributed by atoms with Gasteiger partial charge < -0.3 is 4.90 Å². The maximum Gasteiger partial charge on any atom is 0.214 e. The molecule has 0 amide bonds. The summed E-state index contributed by atoms with van der Waals surface area (Å²) in [5, 5.41) is 5.82. The highest BCUT2D eigenvalue weighted by atomic mass is 32.2. The van der Waals surface area contributed by atoms with Gasteiger partial charge in [0.25, 0.3) is 0 Å². The molecule has 114 valence electrons. The summed E-state index contributed by atoms with van der Waals surface area (Å²) in [4.78, 5) is 12.2. The summed E-state index contributed by atoms with van der Waals surface area (Å²) in [6.45, 7) is 3.36. The first-order valence-corrected chi connectivity index (χ1v) is 9.39. The van der Waals surface area contributed by atoms with Gasteiger partial charge in [-0.05, 0) is 31.2 Å². The molecule has 3 aromatic heterocycles. The SMILES string of the molecule is CC1CCSCCN1c1nn2cc(-c3cccnc3)nc2s1. The lowest BCUT2D eigenvalue weighted by Gasteiger charge is -2.25. The molecule has 1 atom stereocenters. The third kappa shape index (κ3) is 2.59. The minimum Gasteiger partial charge on any atom is -0.343 e. The van der Waals surface area contributed by atoms with Crippen molar-refractivity contribution in [1.82, 2.24) is 19.6 Å². The van der Waals surface area contributed by atoms with Crippen LogP contribution in [0.1, 0.15) is 13.3 Å². The summed E-state index contributed by atoms with van der Waals surface area (Å²) < 4.78 is 1.90. The Hall–Kier alpha value is -1.60. The van der Waals surface area contributed by atoms with E-state index in [4.69, 9.17) is 10.1 Å². The predicted octanol–water partition coefficient (Wildman–Crippen LogP) is 3.18. The number of hydrogen-bond donors (Lipinski definition) is 0. The summed E-state index contributed by atoms with van der Waals surface area (Å²) in [7, 11) is 0. The largest absolute Gasteiger partial charge is 0.343 e. The molecule has 0 aromatic carbocycles. The van der Waals surface area contributed by atoms with Crippen LogP contribution < -0.4 is 4.90 Å². The number of aromatic nitrogens is 4. The Balaban J connectivity index is 1.66. The first kappa shape index (κ1) is 14.0. The van der Waals surface area contributed by atoms with Gasteiger partial charge in [-0.3, -0.25) is 4.98 Å². The molecule has 4 heterocycles. The summed E-state index contributed by atoms with van der Waals surface area (Å²) >= 11 is 3.70. The maximum atomic E-state index is 4.74. The van der Waals surface area contributed by atoms with Gasteiger partial charge in [0, 0.05) is 36.3 Å². The zero-order valence-corrected chi connectivity index (χ0v) is 14.0. The van der Waals surface area contributed by atoms with Crippen molar-refractivity contribution in [3.8, 4) is 11.3 Å². The van der Waals surface area contributed by atoms with E-state index in [2.05, 4.69) is 16.8 Å². The van der Waals surface area contributed by atoms with E-state index in [9.17, 15) is 0 Å². The number of imidazole rings is 1. The van der Waals surface area contributed by atoms with Crippen molar-refractivity contribution in [2.45, 2.75) is 19.4 Å². The van der Waals surface area contributed by atoms with Crippen LogP contribution >= 0.6 is 23.1 Å². The number of nitrogens with zero attached hydrogens (tertiary/aromatic N) is 5. The van der Waals surface area contributed by atoms with Gasteiger partial charge in [0.05, 0.1) is 11.9 Å². The Labute approximate surface area is 137 Å². The molecule has 1 unspecified atom stereocenters. The fraction of sp³-hybridized carbons (Fsp3) is 0.400. The van der Waals surface area contributed by atoms with E-state index in [-0.39, 0.29) is 0 Å². The predicted molar refractivity (Wildman–Crippen MR) is 92.8 cm³/mol. The van der Waals surface area contributed by atoms with E-state index >= 15 is 0 Å². The molecular formula is C15H17N5S2. The molecule has 1 fully saturated rings. The van der Waals surface area contributed by atoms with Crippen molar-refractivity contribution in [2.75, 3.05) is 23.0 Å². The van der Waals surface area contributed by atoms with Gasteiger partial charge in [0.2, 0.25) is 10.1 Å². The number of fused-ring (bicyclic) bond motifs is 1. The van der Waals surface area contributed by atoms with Gasteiger partial charge in [-0.25, -0.2) is 9.50 Å². The van der Waals surface area contributed by atoms with Crippen molar-refractivity contribution in [1.29, 1.82) is 0 Å². The van der Waals surface area contributed by atoms with Gasteiger partial charge in [-0.2, -0.15) is 11.8 Å². The summed E-state index contributed by atoms with van der Waals surface area (Å²) in [5.74, 6) is 2.42. The highest BCUT2D eigenvalue weighted by Crippen LogP contribution is 2.29. The molecule has 0 radical (unpaired) electrons.